The number of halogens is 1. The lowest BCUT2D eigenvalue weighted by Gasteiger charge is -2.27. The van der Waals surface area contributed by atoms with Crippen LogP contribution in [0.1, 0.15) is 24.5 Å². The van der Waals surface area contributed by atoms with Crippen LogP contribution in [0.25, 0.3) is 0 Å². The van der Waals surface area contributed by atoms with E-state index in [1.165, 1.54) is 0 Å². The summed E-state index contributed by atoms with van der Waals surface area (Å²) < 4.78 is 6.12. The highest BCUT2D eigenvalue weighted by Crippen LogP contribution is 2.41. The number of ether oxygens (including phenoxy) is 1. The summed E-state index contributed by atoms with van der Waals surface area (Å²) in [7, 11) is 0. The van der Waals surface area contributed by atoms with E-state index in [1.807, 2.05) is 30.4 Å². The third kappa shape index (κ3) is 2.46. The van der Waals surface area contributed by atoms with Crippen LogP contribution in [0.5, 0.6) is 0 Å². The molecule has 3 nitrogen and oxygen atoms in total. The fourth-order valence-electron chi connectivity index (χ4n) is 3.36. The molecule has 1 aromatic carbocycles. The Morgan fingerprint density at radius 1 is 1.17 bits per heavy atom. The number of carbonyl (C=O) groups is 1. The minimum atomic E-state index is -0.623. The van der Waals surface area contributed by atoms with Crippen LogP contribution in [-0.2, 0) is 9.53 Å². The fourth-order valence-corrected chi connectivity index (χ4v) is 3.48. The predicted molar refractivity (Wildman–Crippen MR) is 88.3 cm³/mol. The van der Waals surface area contributed by atoms with Gasteiger partial charge in [0.05, 0.1) is 0 Å². The van der Waals surface area contributed by atoms with E-state index in [9.17, 15) is 9.90 Å². The van der Waals surface area contributed by atoms with E-state index in [4.69, 9.17) is 16.3 Å². The van der Waals surface area contributed by atoms with E-state index in [0.29, 0.717) is 17.9 Å². The number of Topliss-reactive ketones (excluding diaryl/α,β-unsaturated/α-hetero) is 1. The van der Waals surface area contributed by atoms with E-state index in [1.54, 1.807) is 18.2 Å². The maximum atomic E-state index is 12.7. The molecule has 23 heavy (non-hydrogen) atoms. The van der Waals surface area contributed by atoms with Gasteiger partial charge in [0.25, 0.3) is 0 Å². The molecule has 0 fully saturated rings. The summed E-state index contributed by atoms with van der Waals surface area (Å²) in [6.07, 6.45) is 7.47. The second-order valence-electron chi connectivity index (χ2n) is 5.90. The molecule has 1 N–H and O–H groups in total. The molecular formula is C19H15ClO3. The number of allylic oxidation sites excluding steroid dienone is 4. The van der Waals surface area contributed by atoms with E-state index in [0.717, 1.165) is 22.3 Å². The molecule has 2 atom stereocenters. The van der Waals surface area contributed by atoms with Crippen molar-refractivity contribution in [3.63, 3.8) is 0 Å². The summed E-state index contributed by atoms with van der Waals surface area (Å²) in [4.78, 5) is 12.7. The molecule has 1 heterocycles. The number of benzene rings is 1. The predicted octanol–water partition coefficient (Wildman–Crippen LogP) is 4.38. The molecule has 4 heteroatoms. The van der Waals surface area contributed by atoms with E-state index in [2.05, 4.69) is 0 Å². The number of ketones is 1. The van der Waals surface area contributed by atoms with Crippen molar-refractivity contribution in [1.82, 2.24) is 0 Å². The average molecular weight is 327 g/mol. The molecule has 0 aromatic heterocycles. The molecule has 0 saturated heterocycles. The zero-order valence-corrected chi connectivity index (χ0v) is 13.1. The van der Waals surface area contributed by atoms with Gasteiger partial charge in [-0.2, -0.15) is 0 Å². The largest absolute Gasteiger partial charge is 0.508 e. The van der Waals surface area contributed by atoms with Gasteiger partial charge < -0.3 is 9.84 Å². The molecule has 0 saturated carbocycles. The molecule has 1 aliphatic heterocycles. The second kappa shape index (κ2) is 5.52. The van der Waals surface area contributed by atoms with Crippen molar-refractivity contribution in [3.05, 3.63) is 81.6 Å². The van der Waals surface area contributed by atoms with Crippen molar-refractivity contribution in [2.45, 2.75) is 25.0 Å². The molecule has 3 aliphatic rings. The van der Waals surface area contributed by atoms with Gasteiger partial charge in [-0.1, -0.05) is 35.9 Å². The smallest absolute Gasteiger partial charge is 0.170 e. The Labute approximate surface area is 139 Å². The van der Waals surface area contributed by atoms with Gasteiger partial charge in [0.15, 0.2) is 5.78 Å². The van der Waals surface area contributed by atoms with Crippen LogP contribution in [0.2, 0.25) is 5.02 Å². The monoisotopic (exact) mass is 326 g/mol. The highest BCUT2D eigenvalue weighted by molar-refractivity contribution is 6.30. The summed E-state index contributed by atoms with van der Waals surface area (Å²) in [6, 6.07) is 7.18. The van der Waals surface area contributed by atoms with Crippen molar-refractivity contribution in [2.75, 3.05) is 0 Å². The highest BCUT2D eigenvalue weighted by Gasteiger charge is 2.35. The molecule has 0 spiro atoms. The number of aliphatic hydroxyl groups is 1. The Morgan fingerprint density at radius 2 is 1.96 bits per heavy atom. The van der Waals surface area contributed by atoms with Crippen LogP contribution in [0.3, 0.4) is 0 Å². The molecule has 0 radical (unpaired) electrons. The zero-order chi connectivity index (χ0) is 16.0. The Bertz CT molecular complexity index is 796. The van der Waals surface area contributed by atoms with Crippen molar-refractivity contribution in [2.24, 2.45) is 0 Å². The fraction of sp³-hybridized carbons (Fsp3) is 0.211. The molecule has 2 aliphatic carbocycles. The average Bonchev–Trinajstić information content (AvgIpc) is 2.69. The third-order valence-electron chi connectivity index (χ3n) is 4.45. The summed E-state index contributed by atoms with van der Waals surface area (Å²) in [5, 5.41) is 10.7. The lowest BCUT2D eigenvalue weighted by atomic mass is 9.83. The van der Waals surface area contributed by atoms with Crippen LogP contribution in [0, 0.1) is 0 Å². The number of hydrogen-bond acceptors (Lipinski definition) is 3. The lowest BCUT2D eigenvalue weighted by molar-refractivity contribution is -0.130. The second-order valence-corrected chi connectivity index (χ2v) is 6.34. The van der Waals surface area contributed by atoms with Crippen LogP contribution in [0.15, 0.2) is 71.0 Å². The number of rotatable bonds is 1. The van der Waals surface area contributed by atoms with E-state index < -0.39 is 6.10 Å². The Kier molecular flexibility index (Phi) is 3.47. The van der Waals surface area contributed by atoms with E-state index >= 15 is 0 Å². The first kappa shape index (κ1) is 14.5. The van der Waals surface area contributed by atoms with Gasteiger partial charge in [-0.05, 0) is 47.4 Å². The molecule has 1 aromatic rings. The number of carbonyl (C=O) groups excluding carboxylic acids is 1. The molecule has 4 rings (SSSR count). The van der Waals surface area contributed by atoms with Gasteiger partial charge >= 0.3 is 0 Å². The van der Waals surface area contributed by atoms with E-state index in [-0.39, 0.29) is 17.6 Å². The Hall–Kier alpha value is -2.10. The summed E-state index contributed by atoms with van der Waals surface area (Å²) >= 11 is 5.93. The van der Waals surface area contributed by atoms with Crippen molar-refractivity contribution >= 4 is 17.4 Å². The quantitative estimate of drug-likeness (QED) is 0.833. The number of hydrogen-bond donors (Lipinski definition) is 1. The van der Waals surface area contributed by atoms with Crippen molar-refractivity contribution in [1.29, 1.82) is 0 Å². The molecule has 0 bridgehead atoms. The first-order chi connectivity index (χ1) is 11.1. The lowest BCUT2D eigenvalue weighted by Crippen LogP contribution is -2.23. The normalized spacial score (nSPS) is 26.4. The van der Waals surface area contributed by atoms with Crippen LogP contribution < -0.4 is 0 Å². The maximum absolute atomic E-state index is 12.7. The highest BCUT2D eigenvalue weighted by atomic mass is 35.5. The Balaban J connectivity index is 1.76. The van der Waals surface area contributed by atoms with Gasteiger partial charge in [0, 0.05) is 17.0 Å². The minimum Gasteiger partial charge on any atom is -0.508 e. The first-order valence-electron chi connectivity index (χ1n) is 7.57. The van der Waals surface area contributed by atoms with Crippen molar-refractivity contribution in [3.8, 4) is 0 Å². The SMILES string of the molecule is O=C1CC2=C3C(=C(O)C=CC3OC1c1ccc(Cl)cc1)CC=C2. The molecule has 0 amide bonds. The van der Waals surface area contributed by atoms with Crippen LogP contribution in [-0.4, -0.2) is 17.0 Å². The van der Waals surface area contributed by atoms with Gasteiger partial charge in [-0.25, -0.2) is 0 Å². The zero-order valence-electron chi connectivity index (χ0n) is 12.3. The maximum Gasteiger partial charge on any atom is 0.170 e. The minimum absolute atomic E-state index is 0.0167. The van der Waals surface area contributed by atoms with Gasteiger partial charge in [-0.15, -0.1) is 0 Å². The third-order valence-corrected chi connectivity index (χ3v) is 4.70. The molecular weight excluding hydrogens is 312 g/mol. The topological polar surface area (TPSA) is 46.5 Å². The van der Waals surface area contributed by atoms with Gasteiger partial charge in [0.1, 0.15) is 18.0 Å². The summed E-state index contributed by atoms with van der Waals surface area (Å²) in [6.45, 7) is 0. The summed E-state index contributed by atoms with van der Waals surface area (Å²) in [5.41, 5.74) is 3.54. The van der Waals surface area contributed by atoms with Gasteiger partial charge in [-0.3, -0.25) is 4.79 Å². The first-order valence-corrected chi connectivity index (χ1v) is 7.95. The molecule has 2 unspecified atom stereocenters. The van der Waals surface area contributed by atoms with Crippen LogP contribution >= 0.6 is 11.6 Å². The van der Waals surface area contributed by atoms with Crippen LogP contribution in [0.4, 0.5) is 0 Å². The standard InChI is InChI=1S/C19H15ClO3/c20-13-6-4-11(5-7-13)19-16(22)10-12-2-1-3-14-15(21)8-9-17(23-19)18(12)14/h1-2,4-9,17,19,21H,3,10H2. The number of aliphatic hydroxyl groups excluding tert-OH is 1. The van der Waals surface area contributed by atoms with Gasteiger partial charge in [0.2, 0.25) is 0 Å². The Morgan fingerprint density at radius 3 is 2.74 bits per heavy atom. The summed E-state index contributed by atoms with van der Waals surface area (Å²) in [5.74, 6) is 0.280. The van der Waals surface area contributed by atoms with Crippen molar-refractivity contribution < 1.29 is 14.6 Å². The molecule has 116 valence electrons.